The van der Waals surface area contributed by atoms with Crippen LogP contribution in [0.3, 0.4) is 0 Å². The Kier molecular flexibility index (Phi) is 3.16. The second-order valence-corrected chi connectivity index (χ2v) is 5.15. The Morgan fingerprint density at radius 3 is 2.35 bits per heavy atom. The molecule has 1 nitrogen and oxygen atoms in total. The lowest BCUT2D eigenvalue weighted by Crippen LogP contribution is -2.33. The zero-order chi connectivity index (χ0) is 12.7. The molecule has 0 amide bonds. The summed E-state index contributed by atoms with van der Waals surface area (Å²) >= 11 is 1.07. The Balaban J connectivity index is 2.45. The highest BCUT2D eigenvalue weighted by Gasteiger charge is 2.39. The predicted octanol–water partition coefficient (Wildman–Crippen LogP) is 3.80. The minimum absolute atomic E-state index is 0.198. The van der Waals surface area contributed by atoms with E-state index in [1.165, 1.54) is 6.07 Å². The molecule has 0 aromatic heterocycles. The van der Waals surface area contributed by atoms with E-state index in [0.717, 1.165) is 24.2 Å². The van der Waals surface area contributed by atoms with Crippen molar-refractivity contribution in [1.82, 2.24) is 0 Å². The van der Waals surface area contributed by atoms with E-state index in [9.17, 15) is 18.3 Å². The number of thioether (sulfide) groups is 1. The zero-order valence-electron chi connectivity index (χ0n) is 9.34. The Morgan fingerprint density at radius 1 is 1.29 bits per heavy atom. The van der Waals surface area contributed by atoms with Gasteiger partial charge in [0.15, 0.2) is 0 Å². The van der Waals surface area contributed by atoms with Gasteiger partial charge in [0.05, 0.1) is 11.2 Å². The average molecular weight is 262 g/mol. The Morgan fingerprint density at radius 2 is 1.94 bits per heavy atom. The molecule has 2 rings (SSSR count). The summed E-state index contributed by atoms with van der Waals surface area (Å²) < 4.78 is 38.5. The van der Waals surface area contributed by atoms with E-state index < -0.39 is 17.3 Å². The first-order valence-corrected chi connectivity index (χ1v) is 6.57. The SMILES string of the molecule is CSc1ccc(C2(O)CCC2)cc1C(F)(F)F. The summed E-state index contributed by atoms with van der Waals surface area (Å²) in [5.41, 5.74) is -1.31. The fourth-order valence-electron chi connectivity index (χ4n) is 2.02. The van der Waals surface area contributed by atoms with Gasteiger partial charge >= 0.3 is 6.18 Å². The Hall–Kier alpha value is -0.680. The van der Waals surface area contributed by atoms with Crippen LogP contribution in [0.2, 0.25) is 0 Å². The molecule has 1 aromatic rings. The number of halogens is 3. The van der Waals surface area contributed by atoms with Gasteiger partial charge in [0.25, 0.3) is 0 Å². The van der Waals surface area contributed by atoms with Crippen LogP contribution in [0.4, 0.5) is 13.2 Å². The summed E-state index contributed by atoms with van der Waals surface area (Å²) in [6.07, 6.45) is -0.801. The van der Waals surface area contributed by atoms with Crippen molar-refractivity contribution in [3.05, 3.63) is 29.3 Å². The quantitative estimate of drug-likeness (QED) is 0.818. The summed E-state index contributed by atoms with van der Waals surface area (Å²) in [6, 6.07) is 4.13. The largest absolute Gasteiger partial charge is 0.417 e. The molecule has 1 aliphatic rings. The highest BCUT2D eigenvalue weighted by Crippen LogP contribution is 2.44. The van der Waals surface area contributed by atoms with E-state index >= 15 is 0 Å². The van der Waals surface area contributed by atoms with Crippen LogP contribution < -0.4 is 0 Å². The van der Waals surface area contributed by atoms with E-state index in [1.54, 1.807) is 12.3 Å². The van der Waals surface area contributed by atoms with Crippen molar-refractivity contribution >= 4 is 11.8 Å². The molecule has 1 N–H and O–H groups in total. The summed E-state index contributed by atoms with van der Waals surface area (Å²) in [5, 5.41) is 10.1. The van der Waals surface area contributed by atoms with Crippen molar-refractivity contribution in [3.8, 4) is 0 Å². The lowest BCUT2D eigenvalue weighted by atomic mass is 9.75. The maximum atomic E-state index is 12.8. The molecule has 1 saturated carbocycles. The van der Waals surface area contributed by atoms with Gasteiger partial charge < -0.3 is 5.11 Å². The standard InChI is InChI=1S/C12H13F3OS/c1-17-10-4-3-8(11(16)5-2-6-11)7-9(10)12(13,14)15/h3-4,7,16H,2,5-6H2,1H3. The molecule has 0 atom stereocenters. The van der Waals surface area contributed by atoms with Crippen LogP contribution in [0.15, 0.2) is 23.1 Å². The maximum absolute atomic E-state index is 12.8. The van der Waals surface area contributed by atoms with Gasteiger partial charge in [0.2, 0.25) is 0 Å². The van der Waals surface area contributed by atoms with E-state index in [4.69, 9.17) is 0 Å². The molecular formula is C12H13F3OS. The summed E-state index contributed by atoms with van der Waals surface area (Å²) in [7, 11) is 0. The summed E-state index contributed by atoms with van der Waals surface area (Å²) in [4.78, 5) is 0.198. The highest BCUT2D eigenvalue weighted by atomic mass is 32.2. The van der Waals surface area contributed by atoms with Crippen molar-refractivity contribution < 1.29 is 18.3 Å². The predicted molar refractivity (Wildman–Crippen MR) is 61.0 cm³/mol. The lowest BCUT2D eigenvalue weighted by molar-refractivity contribution is -0.140. The molecule has 1 fully saturated rings. The maximum Gasteiger partial charge on any atom is 0.417 e. The van der Waals surface area contributed by atoms with Crippen LogP contribution in [-0.2, 0) is 11.8 Å². The second kappa shape index (κ2) is 4.21. The normalized spacial score (nSPS) is 18.9. The van der Waals surface area contributed by atoms with Crippen LogP contribution in [0.1, 0.15) is 30.4 Å². The third kappa shape index (κ3) is 2.31. The molecule has 1 aromatic carbocycles. The van der Waals surface area contributed by atoms with Crippen molar-refractivity contribution in [2.45, 2.75) is 35.9 Å². The fraction of sp³-hybridized carbons (Fsp3) is 0.500. The van der Waals surface area contributed by atoms with Crippen LogP contribution in [-0.4, -0.2) is 11.4 Å². The smallest absolute Gasteiger partial charge is 0.385 e. The van der Waals surface area contributed by atoms with Crippen LogP contribution in [0.25, 0.3) is 0 Å². The zero-order valence-corrected chi connectivity index (χ0v) is 10.2. The molecule has 0 aliphatic heterocycles. The van der Waals surface area contributed by atoms with Gasteiger partial charge in [0, 0.05) is 4.90 Å². The number of aliphatic hydroxyl groups is 1. The molecule has 0 heterocycles. The third-order valence-corrected chi connectivity index (χ3v) is 4.02. The number of hydrogen-bond acceptors (Lipinski definition) is 2. The topological polar surface area (TPSA) is 20.2 Å². The second-order valence-electron chi connectivity index (χ2n) is 4.30. The van der Waals surface area contributed by atoms with Gasteiger partial charge in [-0.1, -0.05) is 6.07 Å². The molecule has 94 valence electrons. The number of rotatable bonds is 2. The monoisotopic (exact) mass is 262 g/mol. The minimum atomic E-state index is -4.37. The molecule has 0 unspecified atom stereocenters. The van der Waals surface area contributed by atoms with Crippen molar-refractivity contribution in [1.29, 1.82) is 0 Å². The Labute approximate surface area is 102 Å². The lowest BCUT2D eigenvalue weighted by Gasteiger charge is -2.37. The van der Waals surface area contributed by atoms with Gasteiger partial charge in [-0.15, -0.1) is 11.8 Å². The van der Waals surface area contributed by atoms with Crippen LogP contribution >= 0.6 is 11.8 Å². The Bertz CT molecular complexity index is 424. The van der Waals surface area contributed by atoms with Gasteiger partial charge in [-0.3, -0.25) is 0 Å². The van der Waals surface area contributed by atoms with E-state index in [2.05, 4.69) is 0 Å². The average Bonchev–Trinajstić information content (AvgIpc) is 2.24. The van der Waals surface area contributed by atoms with Crippen LogP contribution in [0.5, 0.6) is 0 Å². The van der Waals surface area contributed by atoms with E-state index in [0.29, 0.717) is 18.4 Å². The molecule has 0 spiro atoms. The molecule has 5 heteroatoms. The highest BCUT2D eigenvalue weighted by molar-refractivity contribution is 7.98. The van der Waals surface area contributed by atoms with Crippen molar-refractivity contribution in [2.75, 3.05) is 6.26 Å². The van der Waals surface area contributed by atoms with Gasteiger partial charge in [0.1, 0.15) is 0 Å². The van der Waals surface area contributed by atoms with Crippen molar-refractivity contribution in [2.24, 2.45) is 0 Å². The fourth-order valence-corrected chi connectivity index (χ4v) is 2.62. The molecule has 0 radical (unpaired) electrons. The van der Waals surface area contributed by atoms with Gasteiger partial charge in [-0.2, -0.15) is 13.2 Å². The molecule has 1 aliphatic carbocycles. The van der Waals surface area contributed by atoms with Gasteiger partial charge in [-0.25, -0.2) is 0 Å². The molecule has 0 bridgehead atoms. The van der Waals surface area contributed by atoms with E-state index in [1.807, 2.05) is 0 Å². The summed E-state index contributed by atoms with van der Waals surface area (Å²) in [6.45, 7) is 0. The first-order valence-electron chi connectivity index (χ1n) is 5.35. The third-order valence-electron chi connectivity index (χ3n) is 3.22. The van der Waals surface area contributed by atoms with E-state index in [-0.39, 0.29) is 4.90 Å². The molecule has 0 saturated heterocycles. The minimum Gasteiger partial charge on any atom is -0.385 e. The number of benzene rings is 1. The van der Waals surface area contributed by atoms with Crippen molar-refractivity contribution in [3.63, 3.8) is 0 Å². The summed E-state index contributed by atoms with van der Waals surface area (Å²) in [5.74, 6) is 0. The molecule has 17 heavy (non-hydrogen) atoms. The number of alkyl halides is 3. The van der Waals surface area contributed by atoms with Crippen LogP contribution in [0, 0.1) is 0 Å². The first-order chi connectivity index (χ1) is 7.87. The molecular weight excluding hydrogens is 249 g/mol. The van der Waals surface area contributed by atoms with Gasteiger partial charge in [-0.05, 0) is 43.2 Å². The first kappa shape index (κ1) is 12.8. The number of hydrogen-bond donors (Lipinski definition) is 1.